The number of rotatable bonds is 4. The summed E-state index contributed by atoms with van der Waals surface area (Å²) in [5.41, 5.74) is 1.04. The van der Waals surface area contributed by atoms with Gasteiger partial charge >= 0.3 is 0 Å². The maximum Gasteiger partial charge on any atom is 0.275 e. The molecule has 0 aliphatic rings. The third-order valence-corrected chi connectivity index (χ3v) is 2.67. The largest absolute Gasteiger partial charge is 0.389 e. The quantitative estimate of drug-likeness (QED) is 0.622. The van der Waals surface area contributed by atoms with Gasteiger partial charge in [-0.3, -0.25) is 10.1 Å². The highest BCUT2D eigenvalue weighted by molar-refractivity contribution is 5.49. The number of aryl methyl sites for hydroxylation is 2. The molecule has 0 aliphatic carbocycles. The first-order valence-electron chi connectivity index (χ1n) is 5.37. The molecule has 0 aliphatic heterocycles. The summed E-state index contributed by atoms with van der Waals surface area (Å²) in [6.07, 6.45) is -3.06. The Balaban J connectivity index is 3.30. The normalized spacial score (nSPS) is 13.7. The van der Waals surface area contributed by atoms with Crippen molar-refractivity contribution in [1.82, 2.24) is 0 Å². The predicted octanol–water partition coefficient (Wildman–Crippen LogP) is 1.52. The molecule has 0 spiro atoms. The van der Waals surface area contributed by atoms with Crippen LogP contribution in [0.1, 0.15) is 29.2 Å². The van der Waals surface area contributed by atoms with E-state index >= 15 is 0 Å². The zero-order valence-corrected chi connectivity index (χ0v) is 10.1. The first kappa shape index (κ1) is 14.1. The molecule has 18 heavy (non-hydrogen) atoms. The molecule has 6 heteroatoms. The molecule has 0 saturated carbocycles. The van der Waals surface area contributed by atoms with Crippen LogP contribution in [0.4, 0.5) is 5.69 Å². The van der Waals surface area contributed by atoms with Gasteiger partial charge in [-0.05, 0) is 25.0 Å². The Morgan fingerprint density at radius 3 is 2.56 bits per heavy atom. The van der Waals surface area contributed by atoms with Gasteiger partial charge in [0.05, 0.1) is 29.1 Å². The molecule has 2 atom stereocenters. The number of benzene rings is 1. The van der Waals surface area contributed by atoms with Crippen molar-refractivity contribution in [2.24, 2.45) is 0 Å². The molecular weight excluding hydrogens is 236 g/mol. The van der Waals surface area contributed by atoms with Crippen LogP contribution < -0.4 is 0 Å². The van der Waals surface area contributed by atoms with E-state index in [0.717, 1.165) is 0 Å². The summed E-state index contributed by atoms with van der Waals surface area (Å²) in [5.74, 6) is 0. The average molecular weight is 250 g/mol. The molecule has 0 bridgehead atoms. The minimum Gasteiger partial charge on any atom is -0.389 e. The van der Waals surface area contributed by atoms with Gasteiger partial charge in [0.2, 0.25) is 0 Å². The molecule has 0 aromatic heterocycles. The number of nitrogens with zero attached hydrogens (tertiary/aromatic N) is 2. The lowest BCUT2D eigenvalue weighted by Crippen LogP contribution is -2.19. The summed E-state index contributed by atoms with van der Waals surface area (Å²) in [7, 11) is 0. The lowest BCUT2D eigenvalue weighted by Gasteiger charge is -2.18. The number of nitriles is 1. The predicted molar refractivity (Wildman–Crippen MR) is 63.8 cm³/mol. The molecular formula is C12H14N2O4. The molecule has 6 nitrogen and oxygen atoms in total. The lowest BCUT2D eigenvalue weighted by molar-refractivity contribution is -0.386. The van der Waals surface area contributed by atoms with E-state index in [0.29, 0.717) is 11.1 Å². The summed E-state index contributed by atoms with van der Waals surface area (Å²) in [6, 6.07) is 4.74. The molecule has 0 amide bonds. The Morgan fingerprint density at radius 1 is 1.44 bits per heavy atom. The Hall–Kier alpha value is -1.97. The molecule has 96 valence electrons. The fraction of sp³-hybridized carbons (Fsp3) is 0.417. The smallest absolute Gasteiger partial charge is 0.275 e. The number of hydrogen-bond donors (Lipinski definition) is 2. The van der Waals surface area contributed by atoms with Gasteiger partial charge in [-0.15, -0.1) is 0 Å². The zero-order chi connectivity index (χ0) is 13.9. The third-order valence-electron chi connectivity index (χ3n) is 2.67. The molecule has 1 rings (SSSR count). The van der Waals surface area contributed by atoms with Crippen molar-refractivity contribution in [3.63, 3.8) is 0 Å². The second kappa shape index (κ2) is 5.58. The summed E-state index contributed by atoms with van der Waals surface area (Å²) < 4.78 is 0. The molecule has 2 N–H and O–H groups in total. The average Bonchev–Trinajstić information content (AvgIpc) is 2.27. The number of nitro groups is 1. The Labute approximate surface area is 104 Å². The minimum absolute atomic E-state index is 0.0633. The summed E-state index contributed by atoms with van der Waals surface area (Å²) >= 11 is 0. The van der Waals surface area contributed by atoms with Crippen molar-refractivity contribution in [2.75, 3.05) is 0 Å². The van der Waals surface area contributed by atoms with Crippen molar-refractivity contribution in [1.29, 1.82) is 5.26 Å². The van der Waals surface area contributed by atoms with Crippen LogP contribution >= 0.6 is 0 Å². The van der Waals surface area contributed by atoms with Crippen molar-refractivity contribution in [3.8, 4) is 6.07 Å². The van der Waals surface area contributed by atoms with E-state index in [4.69, 9.17) is 5.26 Å². The Bertz CT molecular complexity index is 508. The SMILES string of the molecule is Cc1cc(C)c(C(O)C(O)CC#N)c([N+](=O)[O-])c1. The molecule has 0 saturated heterocycles. The summed E-state index contributed by atoms with van der Waals surface area (Å²) in [5, 5.41) is 38.9. The van der Waals surface area contributed by atoms with Crippen LogP contribution in [0.2, 0.25) is 0 Å². The molecule has 0 radical (unpaired) electrons. The fourth-order valence-electron chi connectivity index (χ4n) is 1.89. The van der Waals surface area contributed by atoms with Gasteiger partial charge in [-0.1, -0.05) is 6.07 Å². The number of hydrogen-bond acceptors (Lipinski definition) is 5. The highest BCUT2D eigenvalue weighted by Crippen LogP contribution is 2.32. The standard InChI is InChI=1S/C12H14N2O4/c1-7-5-8(2)11(9(6-7)14(17)18)12(16)10(15)3-4-13/h5-6,10,12,15-16H,3H2,1-2H3. The monoisotopic (exact) mass is 250 g/mol. The van der Waals surface area contributed by atoms with Crippen molar-refractivity contribution < 1.29 is 15.1 Å². The van der Waals surface area contributed by atoms with E-state index in [1.54, 1.807) is 26.0 Å². The first-order valence-corrected chi connectivity index (χ1v) is 5.37. The molecule has 1 aromatic rings. The van der Waals surface area contributed by atoms with Gasteiger partial charge in [0, 0.05) is 6.07 Å². The summed E-state index contributed by atoms with van der Waals surface area (Å²) in [6.45, 7) is 3.33. The van der Waals surface area contributed by atoms with Crippen molar-refractivity contribution in [2.45, 2.75) is 32.5 Å². The van der Waals surface area contributed by atoms with Crippen LogP contribution in [-0.2, 0) is 0 Å². The topological polar surface area (TPSA) is 107 Å². The maximum atomic E-state index is 11.0. The second-order valence-electron chi connectivity index (χ2n) is 4.15. The van der Waals surface area contributed by atoms with E-state index in [-0.39, 0.29) is 17.7 Å². The van der Waals surface area contributed by atoms with E-state index in [1.807, 2.05) is 0 Å². The van der Waals surface area contributed by atoms with Crippen molar-refractivity contribution in [3.05, 3.63) is 38.9 Å². The van der Waals surface area contributed by atoms with Crippen LogP contribution in [0.3, 0.4) is 0 Å². The van der Waals surface area contributed by atoms with Gasteiger partial charge < -0.3 is 10.2 Å². The van der Waals surface area contributed by atoms with Crippen LogP contribution in [-0.4, -0.2) is 21.2 Å². The highest BCUT2D eigenvalue weighted by atomic mass is 16.6. The molecule has 2 unspecified atom stereocenters. The van der Waals surface area contributed by atoms with E-state index in [9.17, 15) is 20.3 Å². The van der Waals surface area contributed by atoms with Gasteiger partial charge in [0.15, 0.2) is 0 Å². The fourth-order valence-corrected chi connectivity index (χ4v) is 1.89. The minimum atomic E-state index is -1.44. The third kappa shape index (κ3) is 2.83. The maximum absolute atomic E-state index is 11.0. The van der Waals surface area contributed by atoms with Crippen LogP contribution in [0, 0.1) is 35.3 Å². The Morgan fingerprint density at radius 2 is 2.06 bits per heavy atom. The molecule has 1 aromatic carbocycles. The Kier molecular flexibility index (Phi) is 4.37. The van der Waals surface area contributed by atoms with E-state index in [2.05, 4.69) is 0 Å². The number of aliphatic hydroxyl groups excluding tert-OH is 2. The van der Waals surface area contributed by atoms with Gasteiger partial charge in [0.1, 0.15) is 6.10 Å². The van der Waals surface area contributed by atoms with Gasteiger partial charge in [-0.25, -0.2) is 0 Å². The second-order valence-corrected chi connectivity index (χ2v) is 4.15. The van der Waals surface area contributed by atoms with Crippen LogP contribution in [0.5, 0.6) is 0 Å². The first-order chi connectivity index (χ1) is 8.38. The summed E-state index contributed by atoms with van der Waals surface area (Å²) in [4.78, 5) is 10.4. The van der Waals surface area contributed by atoms with Crippen LogP contribution in [0.15, 0.2) is 12.1 Å². The lowest BCUT2D eigenvalue weighted by atomic mass is 9.94. The number of aliphatic hydroxyl groups is 2. The molecule has 0 heterocycles. The van der Waals surface area contributed by atoms with Gasteiger partial charge in [0.25, 0.3) is 5.69 Å². The van der Waals surface area contributed by atoms with Crippen LogP contribution in [0.25, 0.3) is 0 Å². The highest BCUT2D eigenvalue weighted by Gasteiger charge is 2.28. The van der Waals surface area contributed by atoms with E-state index in [1.165, 1.54) is 6.07 Å². The number of nitro benzene ring substituents is 1. The zero-order valence-electron chi connectivity index (χ0n) is 10.1. The molecule has 0 fully saturated rings. The van der Waals surface area contributed by atoms with Crippen molar-refractivity contribution >= 4 is 5.69 Å². The van der Waals surface area contributed by atoms with Gasteiger partial charge in [-0.2, -0.15) is 5.26 Å². The van der Waals surface area contributed by atoms with E-state index < -0.39 is 17.1 Å².